The Hall–Kier alpha value is -1.45. The van der Waals surface area contributed by atoms with Gasteiger partial charge >= 0.3 is 0 Å². The van der Waals surface area contributed by atoms with Gasteiger partial charge in [0.15, 0.2) is 11.6 Å². The molecule has 0 heterocycles. The number of hydrogen-bond acceptors (Lipinski definition) is 1. The van der Waals surface area contributed by atoms with Gasteiger partial charge in [-0.25, -0.2) is 8.78 Å². The van der Waals surface area contributed by atoms with Gasteiger partial charge < -0.3 is 5.11 Å². The lowest BCUT2D eigenvalue weighted by molar-refractivity contribution is 0.0999. The Bertz CT molecular complexity index is 611. The molecular formula is C16H15ClF2O. The first-order chi connectivity index (χ1) is 9.34. The second-order valence-electron chi connectivity index (χ2n) is 5.28. The van der Waals surface area contributed by atoms with Crippen LogP contribution in [0.3, 0.4) is 0 Å². The second-order valence-corrected chi connectivity index (χ2v) is 5.69. The molecule has 1 N–H and O–H groups in total. The molecule has 4 heteroatoms. The van der Waals surface area contributed by atoms with Crippen molar-refractivity contribution in [3.05, 3.63) is 70.2 Å². The van der Waals surface area contributed by atoms with E-state index in [4.69, 9.17) is 11.6 Å². The van der Waals surface area contributed by atoms with Crippen molar-refractivity contribution < 1.29 is 13.9 Å². The molecule has 0 amide bonds. The monoisotopic (exact) mass is 296 g/mol. The maximum Gasteiger partial charge on any atom is 0.160 e. The maximum atomic E-state index is 13.4. The molecule has 1 unspecified atom stereocenters. The smallest absolute Gasteiger partial charge is 0.160 e. The van der Waals surface area contributed by atoms with Crippen LogP contribution in [0.1, 0.15) is 31.1 Å². The van der Waals surface area contributed by atoms with E-state index in [1.54, 1.807) is 0 Å². The molecule has 0 aliphatic heterocycles. The summed E-state index contributed by atoms with van der Waals surface area (Å²) in [5.41, 5.74) is 0.377. The van der Waals surface area contributed by atoms with Gasteiger partial charge in [0.1, 0.15) is 0 Å². The Labute approximate surface area is 121 Å². The van der Waals surface area contributed by atoms with Gasteiger partial charge in [-0.3, -0.25) is 0 Å². The third kappa shape index (κ3) is 2.69. The highest BCUT2D eigenvalue weighted by Gasteiger charge is 2.32. The van der Waals surface area contributed by atoms with Crippen LogP contribution in [-0.2, 0) is 5.41 Å². The number of benzene rings is 2. The van der Waals surface area contributed by atoms with Crippen molar-refractivity contribution in [1.82, 2.24) is 0 Å². The van der Waals surface area contributed by atoms with Gasteiger partial charge in [0, 0.05) is 16.0 Å². The van der Waals surface area contributed by atoms with E-state index in [-0.39, 0.29) is 10.6 Å². The molecule has 106 valence electrons. The largest absolute Gasteiger partial charge is 0.387 e. The van der Waals surface area contributed by atoms with E-state index in [0.717, 1.165) is 17.7 Å². The van der Waals surface area contributed by atoms with Crippen LogP contribution in [0.4, 0.5) is 8.78 Å². The molecule has 1 atom stereocenters. The van der Waals surface area contributed by atoms with E-state index in [2.05, 4.69) is 0 Å². The average Bonchev–Trinajstić information content (AvgIpc) is 2.43. The number of hydrogen-bond donors (Lipinski definition) is 1. The van der Waals surface area contributed by atoms with E-state index < -0.39 is 23.2 Å². The van der Waals surface area contributed by atoms with Crippen molar-refractivity contribution in [1.29, 1.82) is 0 Å². The zero-order valence-electron chi connectivity index (χ0n) is 11.2. The molecule has 2 rings (SSSR count). The molecular weight excluding hydrogens is 282 g/mol. The van der Waals surface area contributed by atoms with Crippen LogP contribution in [-0.4, -0.2) is 5.11 Å². The Morgan fingerprint density at radius 3 is 2.20 bits per heavy atom. The lowest BCUT2D eigenvalue weighted by Crippen LogP contribution is -2.27. The molecule has 2 aromatic rings. The van der Waals surface area contributed by atoms with Gasteiger partial charge in [-0.15, -0.1) is 0 Å². The van der Waals surface area contributed by atoms with Crippen LogP contribution in [0.25, 0.3) is 0 Å². The highest BCUT2D eigenvalue weighted by Crippen LogP contribution is 2.39. The van der Waals surface area contributed by atoms with Gasteiger partial charge in [0.2, 0.25) is 0 Å². The van der Waals surface area contributed by atoms with Crippen molar-refractivity contribution in [3.8, 4) is 0 Å². The van der Waals surface area contributed by atoms with Gasteiger partial charge in [-0.1, -0.05) is 55.8 Å². The third-order valence-corrected chi connectivity index (χ3v) is 3.86. The predicted molar refractivity (Wildman–Crippen MR) is 75.8 cm³/mol. The quantitative estimate of drug-likeness (QED) is 0.819. The summed E-state index contributed by atoms with van der Waals surface area (Å²) in [6, 6.07) is 11.2. The molecule has 0 bridgehead atoms. The first-order valence-electron chi connectivity index (χ1n) is 6.22. The molecule has 0 saturated carbocycles. The van der Waals surface area contributed by atoms with Gasteiger partial charge in [0.25, 0.3) is 0 Å². The molecule has 0 saturated heterocycles. The Kier molecular flexibility index (Phi) is 4.11. The van der Waals surface area contributed by atoms with Crippen molar-refractivity contribution in [2.75, 3.05) is 0 Å². The fraction of sp³-hybridized carbons (Fsp3) is 0.250. The minimum absolute atomic E-state index is 0.0143. The number of rotatable bonds is 3. The molecule has 0 aliphatic rings. The molecule has 1 nitrogen and oxygen atoms in total. The minimum Gasteiger partial charge on any atom is -0.387 e. The van der Waals surface area contributed by atoms with E-state index in [0.29, 0.717) is 0 Å². The zero-order valence-corrected chi connectivity index (χ0v) is 12.0. The molecule has 20 heavy (non-hydrogen) atoms. The number of aliphatic hydroxyl groups excluding tert-OH is 1. The number of halogens is 3. The zero-order chi connectivity index (χ0) is 14.9. The summed E-state index contributed by atoms with van der Waals surface area (Å²) in [4.78, 5) is 0. The average molecular weight is 297 g/mol. The topological polar surface area (TPSA) is 20.2 Å². The fourth-order valence-corrected chi connectivity index (χ4v) is 2.42. The van der Waals surface area contributed by atoms with E-state index >= 15 is 0 Å². The molecule has 0 aromatic heterocycles. The first kappa shape index (κ1) is 14.9. The lowest BCUT2D eigenvalue weighted by Gasteiger charge is -2.32. The molecule has 0 radical (unpaired) electrons. The number of aliphatic hydroxyl groups is 1. The van der Waals surface area contributed by atoms with E-state index in [1.165, 1.54) is 0 Å². The Balaban J connectivity index is 2.45. The van der Waals surface area contributed by atoms with Crippen molar-refractivity contribution in [2.24, 2.45) is 0 Å². The van der Waals surface area contributed by atoms with Crippen LogP contribution in [0.2, 0.25) is 5.02 Å². The van der Waals surface area contributed by atoms with Crippen LogP contribution in [0.5, 0.6) is 0 Å². The minimum atomic E-state index is -1.05. The Morgan fingerprint density at radius 1 is 1.05 bits per heavy atom. The van der Waals surface area contributed by atoms with E-state index in [9.17, 15) is 13.9 Å². The van der Waals surface area contributed by atoms with Crippen molar-refractivity contribution in [3.63, 3.8) is 0 Å². The van der Waals surface area contributed by atoms with Crippen molar-refractivity contribution in [2.45, 2.75) is 25.4 Å². The second kappa shape index (κ2) is 5.51. The SMILES string of the molecule is CC(C)(c1ccccc1)C(O)c1cc(F)c(F)cc1Cl. The molecule has 0 fully saturated rings. The van der Waals surface area contributed by atoms with Crippen LogP contribution in [0, 0.1) is 11.6 Å². The lowest BCUT2D eigenvalue weighted by atomic mass is 9.76. The van der Waals surface area contributed by atoms with Crippen LogP contribution in [0.15, 0.2) is 42.5 Å². The van der Waals surface area contributed by atoms with Gasteiger partial charge in [0.05, 0.1) is 6.10 Å². The Morgan fingerprint density at radius 2 is 1.60 bits per heavy atom. The normalized spacial score (nSPS) is 13.3. The summed E-state index contributed by atoms with van der Waals surface area (Å²) in [5, 5.41) is 10.5. The fourth-order valence-electron chi connectivity index (χ4n) is 2.16. The summed E-state index contributed by atoms with van der Waals surface area (Å²) < 4.78 is 26.5. The summed E-state index contributed by atoms with van der Waals surface area (Å²) >= 11 is 5.92. The highest BCUT2D eigenvalue weighted by atomic mass is 35.5. The molecule has 2 aromatic carbocycles. The summed E-state index contributed by atoms with van der Waals surface area (Å²) in [6.45, 7) is 3.65. The molecule has 0 spiro atoms. The van der Waals surface area contributed by atoms with Gasteiger partial charge in [-0.05, 0) is 17.7 Å². The summed E-state index contributed by atoms with van der Waals surface area (Å²) in [5.74, 6) is -2.05. The first-order valence-corrected chi connectivity index (χ1v) is 6.60. The van der Waals surface area contributed by atoms with E-state index in [1.807, 2.05) is 44.2 Å². The predicted octanol–water partition coefficient (Wildman–Crippen LogP) is 4.63. The third-order valence-electron chi connectivity index (χ3n) is 3.54. The highest BCUT2D eigenvalue weighted by molar-refractivity contribution is 6.31. The standard InChI is InChI=1S/C16H15ClF2O/c1-16(2,10-6-4-3-5-7-10)15(20)11-8-13(18)14(19)9-12(11)17/h3-9,15,20H,1-2H3. The summed E-state index contributed by atoms with van der Waals surface area (Å²) in [6.07, 6.45) is -1.05. The molecule has 0 aliphatic carbocycles. The van der Waals surface area contributed by atoms with Crippen LogP contribution >= 0.6 is 11.6 Å². The van der Waals surface area contributed by atoms with Gasteiger partial charge in [-0.2, -0.15) is 0 Å². The maximum absolute atomic E-state index is 13.4. The van der Waals surface area contributed by atoms with Crippen molar-refractivity contribution >= 4 is 11.6 Å². The van der Waals surface area contributed by atoms with Crippen LogP contribution < -0.4 is 0 Å². The summed E-state index contributed by atoms with van der Waals surface area (Å²) in [7, 11) is 0.